The van der Waals surface area contributed by atoms with Gasteiger partial charge in [0.1, 0.15) is 17.6 Å². The highest BCUT2D eigenvalue weighted by atomic mass is 16.5. The Morgan fingerprint density at radius 1 is 0.978 bits per heavy atom. The molecule has 0 bridgehead atoms. The summed E-state index contributed by atoms with van der Waals surface area (Å²) >= 11 is 0. The molecule has 0 spiro atoms. The summed E-state index contributed by atoms with van der Waals surface area (Å²) in [7, 11) is 3.64. The molecule has 0 saturated carbocycles. The first-order chi connectivity index (χ1) is 22.2. The molecule has 0 saturated heterocycles. The Labute approximate surface area is 270 Å². The third kappa shape index (κ3) is 8.04. The van der Waals surface area contributed by atoms with Crippen molar-refractivity contribution in [1.82, 2.24) is 9.80 Å². The van der Waals surface area contributed by atoms with Gasteiger partial charge in [-0.25, -0.2) is 4.79 Å². The third-order valence-corrected chi connectivity index (χ3v) is 8.28. The van der Waals surface area contributed by atoms with E-state index >= 15 is 0 Å². The lowest BCUT2D eigenvalue weighted by atomic mass is 9.99. The minimum absolute atomic E-state index is 0.0120. The van der Waals surface area contributed by atoms with Crippen LogP contribution in [0, 0.1) is 5.92 Å². The number of urea groups is 1. The molecular weight excluding hydrogens is 580 g/mol. The maximum atomic E-state index is 13.8. The van der Waals surface area contributed by atoms with Crippen LogP contribution in [0.25, 0.3) is 11.1 Å². The number of hydrogen-bond donors (Lipinski definition) is 3. The first-order valence-corrected chi connectivity index (χ1v) is 15.5. The van der Waals surface area contributed by atoms with E-state index in [4.69, 9.17) is 9.47 Å². The van der Waals surface area contributed by atoms with E-state index < -0.39 is 12.1 Å². The number of aliphatic hydroxyl groups is 1. The van der Waals surface area contributed by atoms with Crippen LogP contribution in [0.1, 0.15) is 29.8 Å². The first kappa shape index (κ1) is 32.5. The van der Waals surface area contributed by atoms with Crippen molar-refractivity contribution >= 4 is 23.3 Å². The van der Waals surface area contributed by atoms with E-state index in [0.717, 1.165) is 6.54 Å². The lowest BCUT2D eigenvalue weighted by Gasteiger charge is -2.38. The molecule has 46 heavy (non-hydrogen) atoms. The highest BCUT2D eigenvalue weighted by molar-refractivity contribution is 6.02. The number of anilines is 2. The molecule has 3 N–H and O–H groups in total. The predicted molar refractivity (Wildman–Crippen MR) is 181 cm³/mol. The zero-order valence-electron chi connectivity index (χ0n) is 26.8. The summed E-state index contributed by atoms with van der Waals surface area (Å²) in [5, 5.41) is 15.6. The molecule has 1 heterocycles. The number of rotatable bonds is 10. The monoisotopic (exact) mass is 622 g/mol. The molecule has 9 heteroatoms. The highest BCUT2D eigenvalue weighted by Gasteiger charge is 2.33. The summed E-state index contributed by atoms with van der Waals surface area (Å²) in [6, 6.07) is 30.1. The highest BCUT2D eigenvalue weighted by Crippen LogP contribution is 2.31. The molecule has 0 radical (unpaired) electrons. The zero-order chi connectivity index (χ0) is 32.6. The van der Waals surface area contributed by atoms with Crippen LogP contribution in [0.15, 0.2) is 97.1 Å². The van der Waals surface area contributed by atoms with Crippen LogP contribution in [0.2, 0.25) is 0 Å². The quantitative estimate of drug-likeness (QED) is 0.190. The van der Waals surface area contributed by atoms with Gasteiger partial charge in [0, 0.05) is 36.9 Å². The van der Waals surface area contributed by atoms with Crippen LogP contribution >= 0.6 is 0 Å². The Bertz CT molecular complexity index is 1610. The second-order valence-corrected chi connectivity index (χ2v) is 11.9. The molecule has 1 aliphatic heterocycles. The SMILES string of the molecule is COc1ccc(NC(=O)Nc2ccc3c(c2)C(=O)N([C@H](C)CO)C[C@H](C)[C@H](CN(C)Cc2ccc(-c4ccccc4)cc2)O3)cc1. The number of amides is 3. The molecule has 3 amide bonds. The number of methoxy groups -OCH3 is 1. The molecule has 5 rings (SSSR count). The fourth-order valence-electron chi connectivity index (χ4n) is 5.60. The second kappa shape index (κ2) is 14.9. The molecular formula is C37H42N4O5. The van der Waals surface area contributed by atoms with E-state index in [1.54, 1.807) is 54.5 Å². The first-order valence-electron chi connectivity index (χ1n) is 15.5. The number of aliphatic hydroxyl groups excluding tert-OH is 1. The fraction of sp³-hybridized carbons (Fsp3) is 0.297. The van der Waals surface area contributed by atoms with Crippen molar-refractivity contribution in [3.63, 3.8) is 0 Å². The van der Waals surface area contributed by atoms with Crippen molar-refractivity contribution in [2.75, 3.05) is 44.5 Å². The largest absolute Gasteiger partial charge is 0.497 e. The number of nitrogens with one attached hydrogen (secondary N) is 2. The van der Waals surface area contributed by atoms with Gasteiger partial charge in [0.25, 0.3) is 5.91 Å². The lowest BCUT2D eigenvalue weighted by Crippen LogP contribution is -2.49. The number of fused-ring (bicyclic) bond motifs is 1. The summed E-state index contributed by atoms with van der Waals surface area (Å²) in [5.41, 5.74) is 4.93. The zero-order valence-corrected chi connectivity index (χ0v) is 26.8. The van der Waals surface area contributed by atoms with E-state index in [-0.39, 0.29) is 24.5 Å². The number of nitrogens with zero attached hydrogens (tertiary/aromatic N) is 2. The topological polar surface area (TPSA) is 103 Å². The van der Waals surface area contributed by atoms with Gasteiger partial charge in [-0.2, -0.15) is 0 Å². The molecule has 1 aliphatic rings. The van der Waals surface area contributed by atoms with Gasteiger partial charge < -0.3 is 30.1 Å². The van der Waals surface area contributed by atoms with Gasteiger partial charge in [0.05, 0.1) is 25.3 Å². The Kier molecular flexibility index (Phi) is 10.6. The van der Waals surface area contributed by atoms with Crippen LogP contribution in [-0.4, -0.2) is 72.8 Å². The van der Waals surface area contributed by atoms with E-state index in [2.05, 4.69) is 65.9 Å². The summed E-state index contributed by atoms with van der Waals surface area (Å²) < 4.78 is 11.7. The maximum Gasteiger partial charge on any atom is 0.323 e. The molecule has 0 aliphatic carbocycles. The van der Waals surface area contributed by atoms with Gasteiger partial charge in [0.2, 0.25) is 0 Å². The number of ether oxygens (including phenoxy) is 2. The average Bonchev–Trinajstić information content (AvgIpc) is 3.07. The summed E-state index contributed by atoms with van der Waals surface area (Å²) in [6.45, 7) is 5.51. The number of likely N-dealkylation sites (N-methyl/N-ethyl adjacent to an activating group) is 1. The molecule has 4 aromatic carbocycles. The van der Waals surface area contributed by atoms with Crippen LogP contribution in [0.3, 0.4) is 0 Å². The lowest BCUT2D eigenvalue weighted by molar-refractivity contribution is 0.0341. The van der Waals surface area contributed by atoms with Crippen LogP contribution in [-0.2, 0) is 6.54 Å². The molecule has 9 nitrogen and oxygen atoms in total. The number of benzene rings is 4. The molecule has 240 valence electrons. The molecule has 0 unspecified atom stereocenters. The minimum atomic E-state index is -0.449. The van der Waals surface area contributed by atoms with Crippen molar-refractivity contribution in [1.29, 1.82) is 0 Å². The number of carbonyl (C=O) groups is 2. The molecule has 0 fully saturated rings. The standard InChI is InChI=1S/C37H42N4O5/c1-25-21-41(26(2)24-42)36(43)33-20-31(39-37(44)38-30-14-17-32(45-4)18-15-30)16-19-34(33)46-35(25)23-40(3)22-27-10-12-29(13-11-27)28-8-6-5-7-9-28/h5-20,25-26,35,42H,21-24H2,1-4H3,(H2,38,39,44)/t25-,26+,35-/m0/s1. The molecule has 4 aromatic rings. The fourth-order valence-corrected chi connectivity index (χ4v) is 5.60. The third-order valence-electron chi connectivity index (χ3n) is 8.28. The van der Waals surface area contributed by atoms with E-state index in [9.17, 15) is 14.7 Å². The van der Waals surface area contributed by atoms with Gasteiger partial charge in [-0.3, -0.25) is 9.69 Å². The second-order valence-electron chi connectivity index (χ2n) is 11.9. The van der Waals surface area contributed by atoms with Gasteiger partial charge in [-0.05, 0) is 73.1 Å². The minimum Gasteiger partial charge on any atom is -0.497 e. The molecule has 3 atom stereocenters. The Morgan fingerprint density at radius 2 is 1.63 bits per heavy atom. The van der Waals surface area contributed by atoms with Gasteiger partial charge in [-0.15, -0.1) is 0 Å². The average molecular weight is 623 g/mol. The molecule has 0 aromatic heterocycles. The number of hydrogen-bond acceptors (Lipinski definition) is 6. The normalized spacial score (nSPS) is 16.9. The van der Waals surface area contributed by atoms with Crippen molar-refractivity contribution in [3.8, 4) is 22.6 Å². The van der Waals surface area contributed by atoms with Crippen molar-refractivity contribution in [2.45, 2.75) is 32.5 Å². The van der Waals surface area contributed by atoms with Crippen molar-refractivity contribution in [2.24, 2.45) is 5.92 Å². The Morgan fingerprint density at radius 3 is 2.30 bits per heavy atom. The predicted octanol–water partition coefficient (Wildman–Crippen LogP) is 6.36. The van der Waals surface area contributed by atoms with Crippen molar-refractivity contribution in [3.05, 3.63) is 108 Å². The summed E-state index contributed by atoms with van der Waals surface area (Å²) in [4.78, 5) is 30.5. The van der Waals surface area contributed by atoms with E-state index in [0.29, 0.717) is 41.5 Å². The Balaban J connectivity index is 1.31. The van der Waals surface area contributed by atoms with E-state index in [1.807, 2.05) is 25.1 Å². The van der Waals surface area contributed by atoms with Gasteiger partial charge >= 0.3 is 6.03 Å². The van der Waals surface area contributed by atoms with Crippen molar-refractivity contribution < 1.29 is 24.2 Å². The number of carbonyl (C=O) groups excluding carboxylic acids is 2. The van der Waals surface area contributed by atoms with Crippen LogP contribution < -0.4 is 20.1 Å². The van der Waals surface area contributed by atoms with E-state index in [1.165, 1.54) is 16.7 Å². The smallest absolute Gasteiger partial charge is 0.323 e. The van der Waals surface area contributed by atoms with Crippen LogP contribution in [0.5, 0.6) is 11.5 Å². The van der Waals surface area contributed by atoms with Gasteiger partial charge in [0.15, 0.2) is 0 Å². The maximum absolute atomic E-state index is 13.8. The Hall–Kier alpha value is -4.86. The summed E-state index contributed by atoms with van der Waals surface area (Å²) in [5.74, 6) is 0.859. The van der Waals surface area contributed by atoms with Crippen LogP contribution in [0.4, 0.5) is 16.2 Å². The van der Waals surface area contributed by atoms with Gasteiger partial charge in [-0.1, -0.05) is 61.5 Å². The summed E-state index contributed by atoms with van der Waals surface area (Å²) in [6.07, 6.45) is -0.231.